The van der Waals surface area contributed by atoms with Crippen molar-refractivity contribution in [3.05, 3.63) is 70.8 Å². The molecule has 0 bridgehead atoms. The predicted octanol–water partition coefficient (Wildman–Crippen LogP) is 2.71. The van der Waals surface area contributed by atoms with Gasteiger partial charge < -0.3 is 0 Å². The van der Waals surface area contributed by atoms with Crippen molar-refractivity contribution in [2.75, 3.05) is 0 Å². The molecule has 1 heterocycles. The Kier molecular flexibility index (Phi) is 2.71. The van der Waals surface area contributed by atoms with Gasteiger partial charge in [-0.3, -0.25) is 0 Å². The highest BCUT2D eigenvalue weighted by Gasteiger charge is 2.20. The van der Waals surface area contributed by atoms with Crippen molar-refractivity contribution < 1.29 is 8.42 Å². The van der Waals surface area contributed by atoms with E-state index in [0.717, 1.165) is 28.7 Å². The van der Waals surface area contributed by atoms with Gasteiger partial charge in [0.1, 0.15) is 0 Å². The van der Waals surface area contributed by atoms with E-state index in [1.807, 2.05) is 48.5 Å². The molecule has 0 saturated carbocycles. The van der Waals surface area contributed by atoms with Crippen LogP contribution in [0.15, 0.2) is 48.5 Å². The Morgan fingerprint density at radius 2 is 1.06 bits per heavy atom. The van der Waals surface area contributed by atoms with E-state index >= 15 is 0 Å². The molecular weight excluding hydrogens is 244 g/mol. The number of sulfone groups is 1. The summed E-state index contributed by atoms with van der Waals surface area (Å²) < 4.78 is 24.3. The van der Waals surface area contributed by atoms with Crippen molar-refractivity contribution in [1.29, 1.82) is 0 Å². The Hall–Kier alpha value is -1.61. The molecule has 0 N–H and O–H groups in total. The van der Waals surface area contributed by atoms with Crippen molar-refractivity contribution in [3.63, 3.8) is 0 Å². The third kappa shape index (κ3) is 2.18. The summed E-state index contributed by atoms with van der Waals surface area (Å²) in [5.41, 5.74) is 4.11. The molecule has 92 valence electrons. The van der Waals surface area contributed by atoms with E-state index in [0.29, 0.717) is 0 Å². The van der Waals surface area contributed by atoms with Crippen LogP contribution in [-0.2, 0) is 27.8 Å². The van der Waals surface area contributed by atoms with E-state index < -0.39 is 9.84 Å². The summed E-state index contributed by atoms with van der Waals surface area (Å²) in [6.07, 6.45) is 0.821. The van der Waals surface area contributed by atoms with E-state index in [2.05, 4.69) is 0 Å². The van der Waals surface area contributed by atoms with Gasteiger partial charge in [0.25, 0.3) is 0 Å². The van der Waals surface area contributed by atoms with Crippen LogP contribution in [0.25, 0.3) is 0 Å². The lowest BCUT2D eigenvalue weighted by Crippen LogP contribution is -2.14. The van der Waals surface area contributed by atoms with Gasteiger partial charge in [0.15, 0.2) is 9.84 Å². The largest absolute Gasteiger partial charge is 0.228 e. The highest BCUT2D eigenvalue weighted by Crippen LogP contribution is 2.25. The van der Waals surface area contributed by atoms with Crippen molar-refractivity contribution in [2.24, 2.45) is 0 Å². The van der Waals surface area contributed by atoms with Gasteiger partial charge in [0.2, 0.25) is 0 Å². The molecule has 0 amide bonds. The summed E-state index contributed by atoms with van der Waals surface area (Å²) in [5, 5.41) is 0. The lowest BCUT2D eigenvalue weighted by molar-refractivity contribution is 0.593. The molecule has 3 rings (SSSR count). The van der Waals surface area contributed by atoms with Gasteiger partial charge in [0.05, 0.1) is 11.5 Å². The minimum Gasteiger partial charge on any atom is -0.228 e. The van der Waals surface area contributed by atoms with Crippen LogP contribution < -0.4 is 0 Å². The van der Waals surface area contributed by atoms with E-state index in [-0.39, 0.29) is 11.5 Å². The molecule has 2 aromatic carbocycles. The zero-order valence-corrected chi connectivity index (χ0v) is 10.8. The molecule has 2 aromatic rings. The second-order valence-electron chi connectivity index (χ2n) is 4.75. The van der Waals surface area contributed by atoms with E-state index in [9.17, 15) is 8.42 Å². The first-order chi connectivity index (χ1) is 8.64. The maximum absolute atomic E-state index is 12.1. The van der Waals surface area contributed by atoms with Crippen LogP contribution >= 0.6 is 0 Å². The van der Waals surface area contributed by atoms with Gasteiger partial charge in [-0.05, 0) is 28.7 Å². The smallest absolute Gasteiger partial charge is 0.158 e. The molecule has 0 aromatic heterocycles. The average molecular weight is 258 g/mol. The van der Waals surface area contributed by atoms with Gasteiger partial charge in [-0.2, -0.15) is 0 Å². The molecule has 0 saturated heterocycles. The summed E-state index contributed by atoms with van der Waals surface area (Å²) in [6.45, 7) is 0. The average Bonchev–Trinajstić information content (AvgIpc) is 2.31. The summed E-state index contributed by atoms with van der Waals surface area (Å²) in [5.74, 6) is 0.301. The molecule has 2 nitrogen and oxygen atoms in total. The lowest BCUT2D eigenvalue weighted by Gasteiger charge is -2.17. The van der Waals surface area contributed by atoms with Crippen LogP contribution in [0.4, 0.5) is 0 Å². The van der Waals surface area contributed by atoms with Gasteiger partial charge in [0, 0.05) is 0 Å². The number of hydrogen-bond acceptors (Lipinski definition) is 2. The SMILES string of the molecule is O=S1(=O)Cc2ccccc2Cc2ccccc2C1. The summed E-state index contributed by atoms with van der Waals surface area (Å²) in [7, 11) is -3.07. The van der Waals surface area contributed by atoms with Crippen LogP contribution in [0.2, 0.25) is 0 Å². The van der Waals surface area contributed by atoms with Crippen LogP contribution in [0, 0.1) is 0 Å². The molecule has 0 fully saturated rings. The van der Waals surface area contributed by atoms with Gasteiger partial charge in [-0.15, -0.1) is 0 Å². The highest BCUT2D eigenvalue weighted by atomic mass is 32.2. The van der Waals surface area contributed by atoms with Crippen LogP contribution in [0.5, 0.6) is 0 Å². The molecule has 3 heteroatoms. The van der Waals surface area contributed by atoms with Crippen molar-refractivity contribution >= 4 is 9.84 Å². The minimum atomic E-state index is -3.07. The first-order valence-corrected chi connectivity index (χ1v) is 7.80. The second-order valence-corrected chi connectivity index (χ2v) is 6.81. The molecule has 0 radical (unpaired) electrons. The zero-order valence-electron chi connectivity index (χ0n) is 9.96. The minimum absolute atomic E-state index is 0.150. The van der Waals surface area contributed by atoms with Crippen LogP contribution in [0.3, 0.4) is 0 Å². The quantitative estimate of drug-likeness (QED) is 0.728. The molecular formula is C15H14O2S. The van der Waals surface area contributed by atoms with Gasteiger partial charge in [-0.1, -0.05) is 48.5 Å². The lowest BCUT2D eigenvalue weighted by atomic mass is 9.97. The highest BCUT2D eigenvalue weighted by molar-refractivity contribution is 7.89. The third-order valence-electron chi connectivity index (χ3n) is 3.37. The summed E-state index contributed by atoms with van der Waals surface area (Å²) in [4.78, 5) is 0. The normalized spacial score (nSPS) is 17.1. The van der Waals surface area contributed by atoms with E-state index in [1.54, 1.807) is 0 Å². The Bertz CT molecular complexity index is 634. The van der Waals surface area contributed by atoms with Crippen LogP contribution in [0.1, 0.15) is 22.3 Å². The monoisotopic (exact) mass is 258 g/mol. The first-order valence-electron chi connectivity index (χ1n) is 5.98. The van der Waals surface area contributed by atoms with E-state index in [1.165, 1.54) is 0 Å². The molecule has 18 heavy (non-hydrogen) atoms. The zero-order chi connectivity index (χ0) is 12.6. The number of benzene rings is 2. The molecule has 0 unspecified atom stereocenters. The summed E-state index contributed by atoms with van der Waals surface area (Å²) in [6, 6.07) is 15.6. The van der Waals surface area contributed by atoms with Crippen LogP contribution in [-0.4, -0.2) is 8.42 Å². The number of rotatable bonds is 0. The van der Waals surface area contributed by atoms with E-state index in [4.69, 9.17) is 0 Å². The molecule has 0 aliphatic carbocycles. The van der Waals surface area contributed by atoms with Crippen molar-refractivity contribution in [1.82, 2.24) is 0 Å². The maximum Gasteiger partial charge on any atom is 0.158 e. The van der Waals surface area contributed by atoms with Gasteiger partial charge >= 0.3 is 0 Å². The molecule has 0 atom stereocenters. The summed E-state index contributed by atoms with van der Waals surface area (Å²) >= 11 is 0. The second kappa shape index (κ2) is 4.25. The number of fused-ring (bicyclic) bond motifs is 2. The Morgan fingerprint density at radius 3 is 1.50 bits per heavy atom. The fourth-order valence-corrected chi connectivity index (χ4v) is 4.08. The maximum atomic E-state index is 12.1. The van der Waals surface area contributed by atoms with Crippen molar-refractivity contribution in [2.45, 2.75) is 17.9 Å². The topological polar surface area (TPSA) is 34.1 Å². The fourth-order valence-electron chi connectivity index (χ4n) is 2.47. The Morgan fingerprint density at radius 1 is 0.667 bits per heavy atom. The number of hydrogen-bond donors (Lipinski definition) is 0. The fraction of sp³-hybridized carbons (Fsp3) is 0.200. The standard InChI is InChI=1S/C15H14O2S/c16-18(17)10-14-7-3-1-5-12(14)9-13-6-2-4-8-15(13)11-18/h1-8H,9-11H2. The Balaban J connectivity index is 2.20. The third-order valence-corrected chi connectivity index (χ3v) is 4.87. The molecule has 1 aliphatic heterocycles. The molecule has 0 spiro atoms. The Labute approximate surface area is 107 Å². The van der Waals surface area contributed by atoms with Crippen molar-refractivity contribution in [3.8, 4) is 0 Å². The molecule has 1 aliphatic rings. The van der Waals surface area contributed by atoms with Gasteiger partial charge in [-0.25, -0.2) is 8.42 Å². The first kappa shape index (κ1) is 11.5. The predicted molar refractivity (Wildman–Crippen MR) is 72.0 cm³/mol.